The number of benzene rings is 3. The smallest absolute Gasteiger partial charge is 0.256 e. The average molecular weight is 501 g/mol. The Hall–Kier alpha value is -2.99. The van der Waals surface area contributed by atoms with Crippen LogP contribution in [0.4, 0.5) is 5.82 Å². The second-order valence-electron chi connectivity index (χ2n) is 7.47. The standard InChI is InChI=1S/C25H20Cl3N3O2/c1-16-11-20(26)9-10-23(16)33-15-17-5-4-7-18(12-17)25(32)29-24-22(28)14-31(30-24)13-19-6-2-3-8-21(19)27/h2-12,14H,13,15H2,1H3,(H,29,30,32). The van der Waals surface area contributed by atoms with Crippen molar-refractivity contribution in [1.82, 2.24) is 9.78 Å². The Morgan fingerprint density at radius 2 is 1.82 bits per heavy atom. The Morgan fingerprint density at radius 3 is 2.61 bits per heavy atom. The van der Waals surface area contributed by atoms with Crippen LogP contribution >= 0.6 is 34.8 Å². The lowest BCUT2D eigenvalue weighted by Crippen LogP contribution is -2.13. The summed E-state index contributed by atoms with van der Waals surface area (Å²) in [6.45, 7) is 2.68. The summed E-state index contributed by atoms with van der Waals surface area (Å²) in [5, 5.41) is 8.80. The third-order valence-electron chi connectivity index (χ3n) is 4.96. The summed E-state index contributed by atoms with van der Waals surface area (Å²) >= 11 is 18.5. The van der Waals surface area contributed by atoms with Crippen molar-refractivity contribution in [3.8, 4) is 5.75 Å². The number of nitrogens with one attached hydrogen (secondary N) is 1. The van der Waals surface area contributed by atoms with Gasteiger partial charge in [-0.05, 0) is 60.0 Å². The van der Waals surface area contributed by atoms with E-state index >= 15 is 0 Å². The Balaban J connectivity index is 1.42. The summed E-state index contributed by atoms with van der Waals surface area (Å²) in [5.74, 6) is 0.710. The number of carbonyl (C=O) groups excluding carboxylic acids is 1. The molecule has 8 heteroatoms. The van der Waals surface area contributed by atoms with E-state index in [0.717, 1.165) is 22.4 Å². The molecule has 0 atom stereocenters. The molecule has 0 spiro atoms. The van der Waals surface area contributed by atoms with E-state index in [1.54, 1.807) is 35.1 Å². The number of halogens is 3. The molecule has 0 aliphatic heterocycles. The summed E-state index contributed by atoms with van der Waals surface area (Å²) in [4.78, 5) is 12.8. The molecule has 5 nitrogen and oxygen atoms in total. The van der Waals surface area contributed by atoms with Crippen LogP contribution in [0.3, 0.4) is 0 Å². The average Bonchev–Trinajstić information content (AvgIpc) is 3.13. The van der Waals surface area contributed by atoms with Gasteiger partial charge < -0.3 is 10.1 Å². The van der Waals surface area contributed by atoms with E-state index in [4.69, 9.17) is 39.5 Å². The lowest BCUT2D eigenvalue weighted by molar-refractivity contribution is 0.102. The van der Waals surface area contributed by atoms with Crippen LogP contribution in [-0.4, -0.2) is 15.7 Å². The molecule has 0 aliphatic carbocycles. The van der Waals surface area contributed by atoms with Gasteiger partial charge in [-0.2, -0.15) is 5.10 Å². The van der Waals surface area contributed by atoms with Crippen molar-refractivity contribution in [2.75, 3.05) is 5.32 Å². The second-order valence-corrected chi connectivity index (χ2v) is 8.72. The fourth-order valence-electron chi connectivity index (χ4n) is 3.28. The predicted octanol–water partition coefficient (Wildman–Crippen LogP) is 7.03. The first-order valence-corrected chi connectivity index (χ1v) is 11.3. The molecule has 0 saturated heterocycles. The van der Waals surface area contributed by atoms with Gasteiger partial charge in [0.2, 0.25) is 0 Å². The van der Waals surface area contributed by atoms with Crippen LogP contribution in [0, 0.1) is 6.92 Å². The van der Waals surface area contributed by atoms with E-state index in [1.807, 2.05) is 49.4 Å². The van der Waals surface area contributed by atoms with Crippen molar-refractivity contribution < 1.29 is 9.53 Å². The normalized spacial score (nSPS) is 10.8. The monoisotopic (exact) mass is 499 g/mol. The lowest BCUT2D eigenvalue weighted by atomic mass is 10.1. The molecule has 33 heavy (non-hydrogen) atoms. The van der Waals surface area contributed by atoms with Gasteiger partial charge in [0.05, 0.1) is 6.54 Å². The number of ether oxygens (including phenoxy) is 1. The van der Waals surface area contributed by atoms with Gasteiger partial charge >= 0.3 is 0 Å². The summed E-state index contributed by atoms with van der Waals surface area (Å²) in [6.07, 6.45) is 1.65. The Labute approximate surface area is 206 Å². The number of carbonyl (C=O) groups is 1. The van der Waals surface area contributed by atoms with Crippen molar-refractivity contribution in [3.05, 3.63) is 110 Å². The van der Waals surface area contributed by atoms with Gasteiger partial charge in [-0.3, -0.25) is 9.48 Å². The molecule has 1 aromatic heterocycles. The number of hydrogen-bond donors (Lipinski definition) is 1. The van der Waals surface area contributed by atoms with E-state index in [1.165, 1.54) is 0 Å². The van der Waals surface area contributed by atoms with Crippen LogP contribution in [0.1, 0.15) is 27.0 Å². The maximum Gasteiger partial charge on any atom is 0.256 e. The molecular weight excluding hydrogens is 481 g/mol. The maximum atomic E-state index is 12.8. The van der Waals surface area contributed by atoms with Gasteiger partial charge in [-0.15, -0.1) is 0 Å². The third-order valence-corrected chi connectivity index (χ3v) is 5.84. The fourth-order valence-corrected chi connectivity index (χ4v) is 3.90. The number of amides is 1. The summed E-state index contributed by atoms with van der Waals surface area (Å²) in [6, 6.07) is 20.1. The predicted molar refractivity (Wildman–Crippen MR) is 133 cm³/mol. The first-order chi connectivity index (χ1) is 15.9. The quantitative estimate of drug-likeness (QED) is 0.296. The molecule has 0 fully saturated rings. The second kappa shape index (κ2) is 10.3. The van der Waals surface area contributed by atoms with E-state index in [2.05, 4.69) is 10.4 Å². The number of anilines is 1. The van der Waals surface area contributed by atoms with E-state index in [-0.39, 0.29) is 11.7 Å². The van der Waals surface area contributed by atoms with E-state index in [9.17, 15) is 4.79 Å². The molecule has 1 N–H and O–H groups in total. The van der Waals surface area contributed by atoms with Crippen LogP contribution < -0.4 is 10.1 Å². The van der Waals surface area contributed by atoms with Crippen LogP contribution in [0.25, 0.3) is 0 Å². The van der Waals surface area contributed by atoms with Gasteiger partial charge in [-0.1, -0.05) is 65.1 Å². The van der Waals surface area contributed by atoms with Gasteiger partial charge in [0.25, 0.3) is 5.91 Å². The summed E-state index contributed by atoms with van der Waals surface area (Å²) in [5.41, 5.74) is 3.17. The number of aryl methyl sites for hydroxylation is 1. The lowest BCUT2D eigenvalue weighted by Gasteiger charge is -2.10. The van der Waals surface area contributed by atoms with Crippen LogP contribution in [-0.2, 0) is 13.2 Å². The molecule has 1 heterocycles. The third kappa shape index (κ3) is 5.88. The van der Waals surface area contributed by atoms with E-state index < -0.39 is 0 Å². The zero-order valence-corrected chi connectivity index (χ0v) is 20.0. The van der Waals surface area contributed by atoms with Crippen LogP contribution in [0.5, 0.6) is 5.75 Å². The van der Waals surface area contributed by atoms with Crippen molar-refractivity contribution in [3.63, 3.8) is 0 Å². The molecule has 0 bridgehead atoms. The molecule has 0 radical (unpaired) electrons. The first kappa shape index (κ1) is 23.2. The minimum absolute atomic E-state index is 0.284. The molecule has 168 valence electrons. The number of hydrogen-bond acceptors (Lipinski definition) is 3. The van der Waals surface area contributed by atoms with Crippen molar-refractivity contribution in [2.45, 2.75) is 20.1 Å². The molecule has 0 saturated carbocycles. The van der Waals surface area contributed by atoms with Gasteiger partial charge in [0.15, 0.2) is 5.82 Å². The number of aromatic nitrogens is 2. The SMILES string of the molecule is Cc1cc(Cl)ccc1OCc1cccc(C(=O)Nc2nn(Cc3ccccc3Cl)cc2Cl)c1. The molecule has 4 rings (SSSR count). The Morgan fingerprint density at radius 1 is 1.00 bits per heavy atom. The molecule has 1 amide bonds. The minimum Gasteiger partial charge on any atom is -0.489 e. The molecule has 3 aromatic carbocycles. The maximum absolute atomic E-state index is 12.8. The molecular formula is C25H20Cl3N3O2. The van der Waals surface area contributed by atoms with Crippen LogP contribution in [0.15, 0.2) is 72.9 Å². The van der Waals surface area contributed by atoms with Crippen molar-refractivity contribution in [2.24, 2.45) is 0 Å². The molecule has 4 aromatic rings. The van der Waals surface area contributed by atoms with Crippen molar-refractivity contribution in [1.29, 1.82) is 0 Å². The van der Waals surface area contributed by atoms with Gasteiger partial charge in [-0.25, -0.2) is 0 Å². The minimum atomic E-state index is -0.315. The zero-order valence-electron chi connectivity index (χ0n) is 17.7. The Kier molecular flexibility index (Phi) is 7.23. The van der Waals surface area contributed by atoms with E-state index in [0.29, 0.717) is 33.8 Å². The molecule has 0 aliphatic rings. The Bertz CT molecular complexity index is 1300. The van der Waals surface area contributed by atoms with Gasteiger partial charge in [0.1, 0.15) is 17.4 Å². The first-order valence-electron chi connectivity index (χ1n) is 10.1. The largest absolute Gasteiger partial charge is 0.489 e. The topological polar surface area (TPSA) is 56.1 Å². The fraction of sp³-hybridized carbons (Fsp3) is 0.120. The van der Waals surface area contributed by atoms with Crippen LogP contribution in [0.2, 0.25) is 15.1 Å². The van der Waals surface area contributed by atoms with Crippen molar-refractivity contribution >= 4 is 46.5 Å². The molecule has 0 unspecified atom stereocenters. The number of rotatable bonds is 7. The highest BCUT2D eigenvalue weighted by molar-refractivity contribution is 6.33. The summed E-state index contributed by atoms with van der Waals surface area (Å²) in [7, 11) is 0. The highest BCUT2D eigenvalue weighted by Gasteiger charge is 2.14. The summed E-state index contributed by atoms with van der Waals surface area (Å²) < 4.78 is 7.52. The highest BCUT2D eigenvalue weighted by Crippen LogP contribution is 2.24. The zero-order chi connectivity index (χ0) is 23.4. The van der Waals surface area contributed by atoms with Gasteiger partial charge in [0, 0.05) is 21.8 Å². The number of nitrogens with zero attached hydrogens (tertiary/aromatic N) is 2. The highest BCUT2D eigenvalue weighted by atomic mass is 35.5.